The van der Waals surface area contributed by atoms with Crippen LogP contribution in [0.4, 0.5) is 0 Å². The molecule has 0 aliphatic carbocycles. The molecule has 1 aromatic carbocycles. The molecule has 0 spiro atoms. The Bertz CT molecular complexity index is 737. The van der Waals surface area contributed by atoms with Gasteiger partial charge in [0, 0.05) is 26.2 Å². The van der Waals surface area contributed by atoms with Crippen molar-refractivity contribution < 1.29 is 4.79 Å². The lowest BCUT2D eigenvalue weighted by Crippen LogP contribution is -2.31. The van der Waals surface area contributed by atoms with Crippen LogP contribution in [0, 0.1) is 6.92 Å². The normalized spacial score (nSPS) is 10.6. The molecular formula is C18H23N3O2. The van der Waals surface area contributed by atoms with Gasteiger partial charge < -0.3 is 4.90 Å². The zero-order chi connectivity index (χ0) is 16.8. The number of aryl methyl sites for hydroxylation is 2. The van der Waals surface area contributed by atoms with Gasteiger partial charge in [0.2, 0.25) is 0 Å². The third kappa shape index (κ3) is 4.28. The summed E-state index contributed by atoms with van der Waals surface area (Å²) < 4.78 is 1.37. The fraction of sp³-hybridized carbons (Fsp3) is 0.389. The van der Waals surface area contributed by atoms with Gasteiger partial charge >= 0.3 is 0 Å². The van der Waals surface area contributed by atoms with E-state index in [2.05, 4.69) is 12.0 Å². The number of carbonyl (C=O) groups is 1. The van der Waals surface area contributed by atoms with Crippen molar-refractivity contribution in [2.45, 2.75) is 39.8 Å². The van der Waals surface area contributed by atoms with Crippen LogP contribution < -0.4 is 5.56 Å². The van der Waals surface area contributed by atoms with Crippen LogP contribution in [0.1, 0.15) is 41.4 Å². The van der Waals surface area contributed by atoms with Crippen LogP contribution in [-0.2, 0) is 13.1 Å². The highest BCUT2D eigenvalue weighted by Crippen LogP contribution is 2.11. The highest BCUT2D eigenvalue weighted by atomic mass is 16.2. The summed E-state index contributed by atoms with van der Waals surface area (Å²) >= 11 is 0. The summed E-state index contributed by atoms with van der Waals surface area (Å²) in [6, 6.07) is 10.9. The molecule has 0 aliphatic rings. The van der Waals surface area contributed by atoms with Crippen LogP contribution in [0.25, 0.3) is 0 Å². The number of hydrogen-bond acceptors (Lipinski definition) is 3. The Morgan fingerprint density at radius 1 is 1.22 bits per heavy atom. The summed E-state index contributed by atoms with van der Waals surface area (Å²) in [6.45, 7) is 5.13. The van der Waals surface area contributed by atoms with Gasteiger partial charge in [0.25, 0.3) is 11.5 Å². The topological polar surface area (TPSA) is 55.2 Å². The summed E-state index contributed by atoms with van der Waals surface area (Å²) in [6.07, 6.45) is 1.84. The van der Waals surface area contributed by atoms with E-state index in [1.807, 2.05) is 31.2 Å². The zero-order valence-corrected chi connectivity index (χ0v) is 14.0. The standard InChI is InChI=1S/C18H23N3O2/c1-4-5-12-21-17(22)11-10-16(19-21)18(23)20(3)13-15-9-7-6-8-14(15)2/h6-11H,4-5,12-13H2,1-3H3. The van der Waals surface area contributed by atoms with E-state index in [1.54, 1.807) is 11.9 Å². The first-order chi connectivity index (χ1) is 11.0. The molecule has 0 atom stereocenters. The summed E-state index contributed by atoms with van der Waals surface area (Å²) in [4.78, 5) is 26.0. The van der Waals surface area contributed by atoms with Crippen molar-refractivity contribution in [2.24, 2.45) is 0 Å². The molecular weight excluding hydrogens is 290 g/mol. The van der Waals surface area contributed by atoms with Gasteiger partial charge in [-0.2, -0.15) is 5.10 Å². The SMILES string of the molecule is CCCCn1nc(C(=O)N(C)Cc2ccccc2C)ccc1=O. The molecule has 122 valence electrons. The van der Waals surface area contributed by atoms with Gasteiger partial charge in [-0.1, -0.05) is 37.6 Å². The van der Waals surface area contributed by atoms with Crippen molar-refractivity contribution in [3.05, 3.63) is 63.6 Å². The highest BCUT2D eigenvalue weighted by molar-refractivity contribution is 5.91. The molecule has 0 aliphatic heterocycles. The molecule has 5 heteroatoms. The first-order valence-electron chi connectivity index (χ1n) is 7.91. The minimum absolute atomic E-state index is 0.170. The average Bonchev–Trinajstić information content (AvgIpc) is 2.55. The maximum atomic E-state index is 12.5. The van der Waals surface area contributed by atoms with E-state index >= 15 is 0 Å². The van der Waals surface area contributed by atoms with Gasteiger partial charge in [0.15, 0.2) is 0 Å². The molecule has 5 nitrogen and oxygen atoms in total. The second-order valence-corrected chi connectivity index (χ2v) is 5.72. The fourth-order valence-corrected chi connectivity index (χ4v) is 2.34. The van der Waals surface area contributed by atoms with E-state index < -0.39 is 0 Å². The van der Waals surface area contributed by atoms with Crippen LogP contribution >= 0.6 is 0 Å². The van der Waals surface area contributed by atoms with E-state index in [0.29, 0.717) is 18.8 Å². The van der Waals surface area contributed by atoms with Crippen LogP contribution in [0.2, 0.25) is 0 Å². The number of hydrogen-bond donors (Lipinski definition) is 0. The van der Waals surface area contributed by atoms with E-state index in [9.17, 15) is 9.59 Å². The van der Waals surface area contributed by atoms with E-state index in [1.165, 1.54) is 16.8 Å². The predicted molar refractivity (Wildman–Crippen MR) is 90.4 cm³/mol. The first kappa shape index (κ1) is 16.9. The Morgan fingerprint density at radius 2 is 1.96 bits per heavy atom. The largest absolute Gasteiger partial charge is 0.336 e. The number of carbonyl (C=O) groups excluding carboxylic acids is 1. The third-order valence-electron chi connectivity index (χ3n) is 3.82. The Balaban J connectivity index is 2.16. The summed E-state index contributed by atoms with van der Waals surface area (Å²) in [5.41, 5.74) is 2.38. The monoisotopic (exact) mass is 313 g/mol. The molecule has 1 amide bonds. The van der Waals surface area contributed by atoms with Gasteiger partial charge in [-0.3, -0.25) is 9.59 Å². The molecule has 0 saturated heterocycles. The maximum Gasteiger partial charge on any atom is 0.274 e. The number of rotatable bonds is 6. The second kappa shape index (κ2) is 7.72. The molecule has 2 aromatic rings. The molecule has 0 fully saturated rings. The zero-order valence-electron chi connectivity index (χ0n) is 14.0. The molecule has 0 N–H and O–H groups in total. The number of benzene rings is 1. The number of unbranched alkanes of at least 4 members (excludes halogenated alkanes) is 1. The minimum atomic E-state index is -0.182. The number of aromatic nitrogens is 2. The maximum absolute atomic E-state index is 12.5. The minimum Gasteiger partial charge on any atom is -0.336 e. The van der Waals surface area contributed by atoms with Crippen molar-refractivity contribution in [1.29, 1.82) is 0 Å². The smallest absolute Gasteiger partial charge is 0.274 e. The fourth-order valence-electron chi connectivity index (χ4n) is 2.34. The average molecular weight is 313 g/mol. The van der Waals surface area contributed by atoms with Crippen molar-refractivity contribution >= 4 is 5.91 Å². The van der Waals surface area contributed by atoms with Crippen LogP contribution in [-0.4, -0.2) is 27.6 Å². The van der Waals surface area contributed by atoms with Crippen LogP contribution in [0.5, 0.6) is 0 Å². The van der Waals surface area contributed by atoms with E-state index in [4.69, 9.17) is 0 Å². The molecule has 0 saturated carbocycles. The van der Waals surface area contributed by atoms with E-state index in [-0.39, 0.29) is 11.5 Å². The first-order valence-corrected chi connectivity index (χ1v) is 7.91. The Morgan fingerprint density at radius 3 is 2.65 bits per heavy atom. The highest BCUT2D eigenvalue weighted by Gasteiger charge is 2.15. The second-order valence-electron chi connectivity index (χ2n) is 5.72. The Hall–Kier alpha value is -2.43. The van der Waals surface area contributed by atoms with Crippen LogP contribution in [0.3, 0.4) is 0 Å². The molecule has 1 aromatic heterocycles. The summed E-state index contributed by atoms with van der Waals surface area (Å²) in [5.74, 6) is -0.182. The summed E-state index contributed by atoms with van der Waals surface area (Å²) in [7, 11) is 1.75. The van der Waals surface area contributed by atoms with Crippen molar-refractivity contribution in [1.82, 2.24) is 14.7 Å². The number of amides is 1. The van der Waals surface area contributed by atoms with Crippen LogP contribution in [0.15, 0.2) is 41.2 Å². The lowest BCUT2D eigenvalue weighted by molar-refractivity contribution is 0.0776. The molecule has 0 radical (unpaired) electrons. The van der Waals surface area contributed by atoms with E-state index in [0.717, 1.165) is 24.0 Å². The lowest BCUT2D eigenvalue weighted by atomic mass is 10.1. The Labute approximate surface area is 136 Å². The van der Waals surface area contributed by atoms with Gasteiger partial charge in [0.05, 0.1) is 0 Å². The van der Waals surface area contributed by atoms with Gasteiger partial charge in [-0.05, 0) is 30.5 Å². The Kier molecular flexibility index (Phi) is 5.68. The summed E-state index contributed by atoms with van der Waals surface area (Å²) in [5, 5.41) is 4.21. The van der Waals surface area contributed by atoms with Gasteiger partial charge in [-0.25, -0.2) is 4.68 Å². The lowest BCUT2D eigenvalue weighted by Gasteiger charge is -2.18. The predicted octanol–water partition coefficient (Wildman–Crippen LogP) is 2.62. The quantitative estimate of drug-likeness (QED) is 0.824. The van der Waals surface area contributed by atoms with Gasteiger partial charge in [-0.15, -0.1) is 0 Å². The molecule has 2 rings (SSSR count). The molecule has 1 heterocycles. The van der Waals surface area contributed by atoms with Gasteiger partial charge in [0.1, 0.15) is 5.69 Å². The van der Waals surface area contributed by atoms with Crippen molar-refractivity contribution in [3.63, 3.8) is 0 Å². The third-order valence-corrected chi connectivity index (χ3v) is 3.82. The van der Waals surface area contributed by atoms with Crippen molar-refractivity contribution in [2.75, 3.05) is 7.05 Å². The number of nitrogens with zero attached hydrogens (tertiary/aromatic N) is 3. The van der Waals surface area contributed by atoms with Crippen molar-refractivity contribution in [3.8, 4) is 0 Å². The molecule has 0 bridgehead atoms. The molecule has 0 unspecified atom stereocenters. The molecule has 23 heavy (non-hydrogen) atoms.